The highest BCUT2D eigenvalue weighted by molar-refractivity contribution is 6.04. The number of hydrogen-bond acceptors (Lipinski definition) is 7. The van der Waals surface area contributed by atoms with E-state index in [1.807, 2.05) is 13.2 Å². The number of rotatable bonds is 6. The quantitative estimate of drug-likeness (QED) is 0.643. The summed E-state index contributed by atoms with van der Waals surface area (Å²) in [4.78, 5) is 32.4. The molecule has 1 saturated carbocycles. The Balaban J connectivity index is 1.36. The molecule has 10 nitrogen and oxygen atoms in total. The lowest BCUT2D eigenvalue weighted by Gasteiger charge is -2.13. The molecule has 0 unspecified atom stereocenters. The van der Waals surface area contributed by atoms with Crippen molar-refractivity contribution in [2.24, 2.45) is 7.05 Å². The molecular formula is C20H20N6O4. The van der Waals surface area contributed by atoms with Gasteiger partial charge in [0.2, 0.25) is 0 Å². The molecule has 0 saturated heterocycles. The van der Waals surface area contributed by atoms with Gasteiger partial charge in [-0.2, -0.15) is 5.10 Å². The number of carbonyl (C=O) groups excluding carboxylic acids is 2. The highest BCUT2D eigenvalue weighted by Gasteiger charge is 2.51. The van der Waals surface area contributed by atoms with Crippen molar-refractivity contribution in [2.45, 2.75) is 18.4 Å². The van der Waals surface area contributed by atoms with Crippen LogP contribution in [0.2, 0.25) is 0 Å². The van der Waals surface area contributed by atoms with Gasteiger partial charge in [-0.1, -0.05) is 0 Å². The first kappa shape index (κ1) is 19.5. The third kappa shape index (κ3) is 4.28. The first-order valence-corrected chi connectivity index (χ1v) is 9.24. The average Bonchev–Trinajstić information content (AvgIpc) is 3.43. The molecule has 4 rings (SSSR count). The second kappa shape index (κ2) is 7.91. The fraction of sp³-hybridized carbons (Fsp3) is 0.250. The van der Waals surface area contributed by atoms with Crippen molar-refractivity contribution in [2.75, 3.05) is 12.4 Å². The van der Waals surface area contributed by atoms with Gasteiger partial charge < -0.3 is 9.47 Å². The van der Waals surface area contributed by atoms with Crippen LogP contribution in [0.4, 0.5) is 10.6 Å². The molecule has 0 spiro atoms. The number of methoxy groups -OCH3 is 1. The van der Waals surface area contributed by atoms with Crippen LogP contribution in [0.1, 0.15) is 12.8 Å². The van der Waals surface area contributed by atoms with E-state index in [4.69, 9.17) is 9.47 Å². The van der Waals surface area contributed by atoms with Crippen LogP contribution >= 0.6 is 0 Å². The van der Waals surface area contributed by atoms with E-state index >= 15 is 0 Å². The standard InChI is InChI=1S/C20H20N6O4/c1-26-12-13(10-23-26)16-9-14(5-8-21-16)30-15-3-4-17(22-11-15)24-19(28)25-18(27)20(29-2)6-7-20/h3-5,8-12H,6-7H2,1-2H3,(H2,22,24,25,27,28). The van der Waals surface area contributed by atoms with Crippen LogP contribution in [0.15, 0.2) is 49.1 Å². The third-order valence-electron chi connectivity index (χ3n) is 4.68. The Morgan fingerprint density at radius 2 is 1.97 bits per heavy atom. The molecule has 1 fully saturated rings. The summed E-state index contributed by atoms with van der Waals surface area (Å²) in [5.74, 6) is 0.894. The van der Waals surface area contributed by atoms with Crippen LogP contribution in [0.5, 0.6) is 11.5 Å². The zero-order valence-electron chi connectivity index (χ0n) is 16.5. The van der Waals surface area contributed by atoms with E-state index in [1.54, 1.807) is 41.3 Å². The molecule has 1 aliphatic rings. The van der Waals surface area contributed by atoms with Gasteiger partial charge >= 0.3 is 6.03 Å². The topological polar surface area (TPSA) is 120 Å². The third-order valence-corrected chi connectivity index (χ3v) is 4.68. The lowest BCUT2D eigenvalue weighted by molar-refractivity contribution is -0.132. The van der Waals surface area contributed by atoms with Gasteiger partial charge in [-0.15, -0.1) is 0 Å². The van der Waals surface area contributed by atoms with Gasteiger partial charge in [-0.25, -0.2) is 9.78 Å². The Labute approximate surface area is 172 Å². The fourth-order valence-corrected chi connectivity index (χ4v) is 2.84. The number of aromatic nitrogens is 4. The molecule has 3 heterocycles. The monoisotopic (exact) mass is 408 g/mol. The second-order valence-corrected chi connectivity index (χ2v) is 6.87. The molecular weight excluding hydrogens is 388 g/mol. The Hall–Kier alpha value is -3.79. The largest absolute Gasteiger partial charge is 0.456 e. The molecule has 2 N–H and O–H groups in total. The molecule has 0 radical (unpaired) electrons. The normalized spacial score (nSPS) is 14.1. The van der Waals surface area contributed by atoms with Gasteiger partial charge in [0.1, 0.15) is 22.9 Å². The molecule has 10 heteroatoms. The lowest BCUT2D eigenvalue weighted by Crippen LogP contribution is -2.43. The predicted octanol–water partition coefficient (Wildman–Crippen LogP) is 2.50. The van der Waals surface area contributed by atoms with Gasteiger partial charge in [-0.3, -0.25) is 25.1 Å². The molecule has 3 aromatic heterocycles. The first-order valence-electron chi connectivity index (χ1n) is 9.24. The molecule has 154 valence electrons. The Morgan fingerprint density at radius 1 is 1.13 bits per heavy atom. The number of ether oxygens (including phenoxy) is 2. The summed E-state index contributed by atoms with van der Waals surface area (Å²) >= 11 is 0. The number of imide groups is 1. The Kier molecular flexibility index (Phi) is 5.15. The van der Waals surface area contributed by atoms with Crippen LogP contribution in [0, 0.1) is 0 Å². The van der Waals surface area contributed by atoms with E-state index in [1.165, 1.54) is 13.3 Å². The number of nitrogens with zero attached hydrogens (tertiary/aromatic N) is 4. The number of anilines is 1. The molecule has 3 aromatic rings. The highest BCUT2D eigenvalue weighted by atomic mass is 16.5. The maximum Gasteiger partial charge on any atom is 0.327 e. The molecule has 1 aliphatic carbocycles. The minimum absolute atomic E-state index is 0.278. The van der Waals surface area contributed by atoms with Crippen LogP contribution in [-0.2, 0) is 16.6 Å². The van der Waals surface area contributed by atoms with Crippen LogP contribution in [0.3, 0.4) is 0 Å². The van der Waals surface area contributed by atoms with Crippen LogP contribution < -0.4 is 15.4 Å². The molecule has 0 bridgehead atoms. The molecule has 3 amide bonds. The number of aryl methyl sites for hydroxylation is 1. The maximum absolute atomic E-state index is 12.0. The van der Waals surface area contributed by atoms with Crippen LogP contribution in [0.25, 0.3) is 11.3 Å². The summed E-state index contributed by atoms with van der Waals surface area (Å²) < 4.78 is 12.6. The smallest absolute Gasteiger partial charge is 0.327 e. The average molecular weight is 408 g/mol. The summed E-state index contributed by atoms with van der Waals surface area (Å²) in [6.07, 6.45) is 7.91. The predicted molar refractivity (Wildman–Crippen MR) is 107 cm³/mol. The van der Waals surface area contributed by atoms with Crippen molar-refractivity contribution in [3.63, 3.8) is 0 Å². The van der Waals surface area contributed by atoms with E-state index in [0.717, 1.165) is 11.3 Å². The summed E-state index contributed by atoms with van der Waals surface area (Å²) in [5, 5.41) is 8.91. The summed E-state index contributed by atoms with van der Waals surface area (Å²) in [7, 11) is 3.29. The van der Waals surface area contributed by atoms with Crippen LogP contribution in [-0.4, -0.2) is 44.4 Å². The molecule has 30 heavy (non-hydrogen) atoms. The molecule has 0 aromatic carbocycles. The summed E-state index contributed by atoms with van der Waals surface area (Å²) in [6, 6.07) is 6.10. The number of nitrogens with one attached hydrogen (secondary N) is 2. The SMILES string of the molecule is COC1(C(=O)NC(=O)Nc2ccc(Oc3ccnc(-c4cnn(C)c4)c3)cn2)CC1. The second-order valence-electron chi connectivity index (χ2n) is 6.87. The number of carbonyl (C=O) groups is 2. The van der Waals surface area contributed by atoms with E-state index in [0.29, 0.717) is 24.3 Å². The molecule has 0 aliphatic heterocycles. The van der Waals surface area contributed by atoms with Crippen molar-refractivity contribution in [1.82, 2.24) is 25.1 Å². The maximum atomic E-state index is 12.0. The zero-order chi connectivity index (χ0) is 21.1. The van der Waals surface area contributed by atoms with E-state index in [-0.39, 0.29) is 5.82 Å². The Bertz CT molecular complexity index is 1070. The first-order chi connectivity index (χ1) is 14.5. The van der Waals surface area contributed by atoms with E-state index < -0.39 is 17.5 Å². The zero-order valence-corrected chi connectivity index (χ0v) is 16.5. The number of amides is 3. The minimum atomic E-state index is -0.873. The summed E-state index contributed by atoms with van der Waals surface area (Å²) in [6.45, 7) is 0. The van der Waals surface area contributed by atoms with E-state index in [9.17, 15) is 9.59 Å². The van der Waals surface area contributed by atoms with E-state index in [2.05, 4.69) is 25.7 Å². The molecule has 0 atom stereocenters. The van der Waals surface area contributed by atoms with Gasteiger partial charge in [0.25, 0.3) is 5.91 Å². The number of urea groups is 1. The van der Waals surface area contributed by atoms with Crippen molar-refractivity contribution in [1.29, 1.82) is 0 Å². The van der Waals surface area contributed by atoms with Gasteiger partial charge in [0, 0.05) is 38.2 Å². The van der Waals surface area contributed by atoms with Crippen molar-refractivity contribution >= 4 is 17.8 Å². The number of pyridine rings is 2. The summed E-state index contributed by atoms with van der Waals surface area (Å²) in [5.41, 5.74) is 0.738. The van der Waals surface area contributed by atoms with Crippen molar-refractivity contribution < 1.29 is 19.1 Å². The minimum Gasteiger partial charge on any atom is -0.456 e. The fourth-order valence-electron chi connectivity index (χ4n) is 2.84. The van der Waals surface area contributed by atoms with Crippen molar-refractivity contribution in [3.05, 3.63) is 49.1 Å². The van der Waals surface area contributed by atoms with Gasteiger partial charge in [0.15, 0.2) is 0 Å². The van der Waals surface area contributed by atoms with Gasteiger partial charge in [0.05, 0.1) is 18.1 Å². The van der Waals surface area contributed by atoms with Crippen molar-refractivity contribution in [3.8, 4) is 22.8 Å². The Morgan fingerprint density at radius 3 is 2.60 bits per heavy atom. The highest BCUT2D eigenvalue weighted by Crippen LogP contribution is 2.38. The number of hydrogen-bond donors (Lipinski definition) is 2. The lowest BCUT2D eigenvalue weighted by atomic mass is 10.2. The van der Waals surface area contributed by atoms with Gasteiger partial charge in [-0.05, 0) is 31.0 Å².